The molecule has 1 unspecified atom stereocenters. The van der Waals surface area contributed by atoms with Gasteiger partial charge in [0.2, 0.25) is 0 Å². The number of carbonyl (C=O) groups excluding carboxylic acids is 1. The van der Waals surface area contributed by atoms with Gasteiger partial charge in [-0.25, -0.2) is 4.39 Å². The number of aromatic nitrogens is 1. The fourth-order valence-electron chi connectivity index (χ4n) is 3.60. The van der Waals surface area contributed by atoms with Crippen molar-refractivity contribution in [1.29, 1.82) is 0 Å². The average Bonchev–Trinajstić information content (AvgIpc) is 3.09. The van der Waals surface area contributed by atoms with Gasteiger partial charge < -0.3 is 0 Å². The zero-order valence-corrected chi connectivity index (χ0v) is 34.7. The van der Waals surface area contributed by atoms with Crippen LogP contribution in [-0.4, -0.2) is 10.8 Å². The van der Waals surface area contributed by atoms with Gasteiger partial charge in [0, 0.05) is 30.1 Å². The summed E-state index contributed by atoms with van der Waals surface area (Å²) < 4.78 is 12.8. The summed E-state index contributed by atoms with van der Waals surface area (Å²) in [5.41, 5.74) is 5.14. The summed E-state index contributed by atoms with van der Waals surface area (Å²) in [5, 5.41) is 2.27. The average molecular weight is 680 g/mol. The van der Waals surface area contributed by atoms with Gasteiger partial charge in [-0.05, 0) is 87.9 Å². The van der Waals surface area contributed by atoms with E-state index in [0.29, 0.717) is 18.8 Å². The van der Waals surface area contributed by atoms with E-state index in [4.69, 9.17) is 0 Å². The standard InChI is InChI=1S/C20H25NO.C9H11F.C4H8.2C4H10.C3H8.C2H6/c1-15(2)8-9-16(3)10-11-20(22)13-19-12-17-6-4-5-7-18(17)14-21-19;1-3-8-5-4-6-9(10)7(8)2;1-4(2)3;2*1-3-4-2;1-3-2;1-2/h4-7,12,14,16H,1,8-11,13H2,2-3H3;4-6H,3H2,1-2H3;1H2,2-3H3;2*3-4H2,1-2H3;3H2,1-2H3;1-2H3. The van der Waals surface area contributed by atoms with Crippen LogP contribution in [0.15, 0.2) is 79.0 Å². The molecule has 2 nitrogen and oxygen atoms in total. The van der Waals surface area contributed by atoms with Gasteiger partial charge in [-0.2, -0.15) is 0 Å². The number of ketones is 1. The van der Waals surface area contributed by atoms with E-state index in [1.807, 2.05) is 78.1 Å². The van der Waals surface area contributed by atoms with Crippen LogP contribution in [0.2, 0.25) is 0 Å². The number of carbonyl (C=O) groups is 1. The number of benzene rings is 2. The van der Waals surface area contributed by atoms with Gasteiger partial charge in [0.15, 0.2) is 0 Å². The maximum absolute atomic E-state index is 12.8. The second-order valence-corrected chi connectivity index (χ2v) is 12.7. The molecule has 0 amide bonds. The summed E-state index contributed by atoms with van der Waals surface area (Å²) in [6, 6.07) is 15.3. The van der Waals surface area contributed by atoms with Crippen molar-refractivity contribution in [3.63, 3.8) is 0 Å². The highest BCUT2D eigenvalue weighted by Gasteiger charge is 2.09. The quantitative estimate of drug-likeness (QED) is 0.189. The number of rotatable bonds is 11. The van der Waals surface area contributed by atoms with E-state index < -0.39 is 0 Å². The van der Waals surface area contributed by atoms with Crippen LogP contribution in [0.5, 0.6) is 0 Å². The topological polar surface area (TPSA) is 30.0 Å². The molecule has 280 valence electrons. The first-order valence-electron chi connectivity index (χ1n) is 19.1. The summed E-state index contributed by atoms with van der Waals surface area (Å²) >= 11 is 0. The minimum Gasteiger partial charge on any atom is -0.299 e. The Morgan fingerprint density at radius 2 is 1.24 bits per heavy atom. The second-order valence-electron chi connectivity index (χ2n) is 12.7. The largest absolute Gasteiger partial charge is 0.299 e. The lowest BCUT2D eigenvalue weighted by Gasteiger charge is -2.10. The van der Waals surface area contributed by atoms with Crippen molar-refractivity contribution in [3.05, 3.63) is 102 Å². The molecule has 3 rings (SSSR count). The fraction of sp³-hybridized carbons (Fsp3) is 0.565. The van der Waals surface area contributed by atoms with Crippen LogP contribution in [0.1, 0.15) is 165 Å². The lowest BCUT2D eigenvalue weighted by Crippen LogP contribution is -2.07. The van der Waals surface area contributed by atoms with Crippen molar-refractivity contribution in [1.82, 2.24) is 4.98 Å². The summed E-state index contributed by atoms with van der Waals surface area (Å²) in [7, 11) is 0. The molecular formula is C46H78FNO. The first kappa shape index (κ1) is 52.7. The number of nitrogens with zero attached hydrogens (tertiary/aromatic N) is 1. The van der Waals surface area contributed by atoms with Crippen molar-refractivity contribution >= 4 is 16.6 Å². The van der Waals surface area contributed by atoms with E-state index in [1.54, 1.807) is 6.07 Å². The lowest BCUT2D eigenvalue weighted by atomic mass is 9.95. The molecule has 3 aromatic rings. The van der Waals surface area contributed by atoms with Crippen molar-refractivity contribution in [2.45, 2.75) is 168 Å². The molecule has 0 bridgehead atoms. The van der Waals surface area contributed by atoms with Crippen molar-refractivity contribution in [2.24, 2.45) is 5.92 Å². The van der Waals surface area contributed by atoms with Gasteiger partial charge in [0.1, 0.15) is 11.6 Å². The zero-order valence-electron chi connectivity index (χ0n) is 34.7. The molecule has 1 atom stereocenters. The third-order valence-corrected chi connectivity index (χ3v) is 6.81. The highest BCUT2D eigenvalue weighted by molar-refractivity contribution is 5.84. The Morgan fingerprint density at radius 1 is 0.776 bits per heavy atom. The molecule has 0 spiro atoms. The molecule has 3 heteroatoms. The van der Waals surface area contributed by atoms with Crippen LogP contribution in [0.3, 0.4) is 0 Å². The third-order valence-electron chi connectivity index (χ3n) is 6.81. The number of aryl methyl sites for hydroxylation is 1. The molecule has 0 aliphatic rings. The predicted octanol–water partition coefficient (Wildman–Crippen LogP) is 15.5. The van der Waals surface area contributed by atoms with Gasteiger partial charge in [-0.1, -0.05) is 149 Å². The van der Waals surface area contributed by atoms with Crippen LogP contribution >= 0.6 is 0 Å². The Bertz CT molecular complexity index is 1200. The van der Waals surface area contributed by atoms with Gasteiger partial charge >= 0.3 is 0 Å². The van der Waals surface area contributed by atoms with Crippen molar-refractivity contribution in [3.8, 4) is 0 Å². The number of allylic oxidation sites excluding steroid dienone is 2. The molecule has 0 fully saturated rings. The van der Waals surface area contributed by atoms with Crippen LogP contribution in [-0.2, 0) is 17.6 Å². The molecule has 0 saturated carbocycles. The number of halogens is 1. The number of pyridine rings is 1. The molecule has 1 heterocycles. The molecule has 0 N–H and O–H groups in total. The Kier molecular flexibility index (Phi) is 40.6. The van der Waals surface area contributed by atoms with E-state index in [1.165, 1.54) is 49.3 Å². The molecular weight excluding hydrogens is 602 g/mol. The van der Waals surface area contributed by atoms with Crippen LogP contribution in [0.4, 0.5) is 4.39 Å². The third kappa shape index (κ3) is 34.6. The summed E-state index contributed by atoms with van der Waals surface area (Å²) in [6.07, 6.45) is 13.5. The number of unbranched alkanes of at least 4 members (excludes halogenated alkanes) is 2. The molecule has 0 saturated heterocycles. The van der Waals surface area contributed by atoms with Gasteiger partial charge in [-0.15, -0.1) is 13.2 Å². The summed E-state index contributed by atoms with van der Waals surface area (Å²) in [4.78, 5) is 16.5. The van der Waals surface area contributed by atoms with E-state index in [9.17, 15) is 9.18 Å². The van der Waals surface area contributed by atoms with Crippen molar-refractivity contribution in [2.75, 3.05) is 0 Å². The van der Waals surface area contributed by atoms with Crippen molar-refractivity contribution < 1.29 is 9.18 Å². The van der Waals surface area contributed by atoms with Crippen LogP contribution in [0.25, 0.3) is 10.8 Å². The smallest absolute Gasteiger partial charge is 0.138 e. The Hall–Kier alpha value is -3.07. The van der Waals surface area contributed by atoms with E-state index in [2.05, 4.69) is 79.6 Å². The van der Waals surface area contributed by atoms with Gasteiger partial charge in [-0.3, -0.25) is 9.78 Å². The minimum atomic E-state index is -0.0978. The number of Topliss-reactive ketones (excluding diaryl/α,β-unsaturated/α-hetero) is 1. The monoisotopic (exact) mass is 680 g/mol. The molecule has 49 heavy (non-hydrogen) atoms. The number of hydrogen-bond acceptors (Lipinski definition) is 2. The fourth-order valence-corrected chi connectivity index (χ4v) is 3.60. The first-order valence-corrected chi connectivity index (χ1v) is 19.1. The predicted molar refractivity (Wildman–Crippen MR) is 222 cm³/mol. The lowest BCUT2D eigenvalue weighted by molar-refractivity contribution is -0.118. The number of hydrogen-bond donors (Lipinski definition) is 0. The van der Waals surface area contributed by atoms with Crippen LogP contribution < -0.4 is 0 Å². The Balaban J connectivity index is -0.000000309. The van der Waals surface area contributed by atoms with Gasteiger partial charge in [0.25, 0.3) is 0 Å². The molecule has 1 aromatic heterocycles. The zero-order chi connectivity index (χ0) is 38.6. The normalized spacial score (nSPS) is 9.78. The Morgan fingerprint density at radius 3 is 1.67 bits per heavy atom. The summed E-state index contributed by atoms with van der Waals surface area (Å²) in [5.74, 6) is 0.759. The highest BCUT2D eigenvalue weighted by Crippen LogP contribution is 2.18. The molecule has 2 aromatic carbocycles. The maximum atomic E-state index is 12.8. The highest BCUT2D eigenvalue weighted by atomic mass is 19.1. The SMILES string of the molecule is C=C(C)C.C=C(C)CCC(C)CCC(=O)Cc1cc2ccccc2cn1.CC.CCC.CCCC.CCCC.CCc1cccc(F)c1C. The summed E-state index contributed by atoms with van der Waals surface area (Å²) in [6.45, 7) is 36.5. The maximum Gasteiger partial charge on any atom is 0.138 e. The van der Waals surface area contributed by atoms with E-state index >= 15 is 0 Å². The van der Waals surface area contributed by atoms with Crippen LogP contribution in [0, 0.1) is 18.7 Å². The van der Waals surface area contributed by atoms with Gasteiger partial charge in [0.05, 0.1) is 0 Å². The Labute approximate surface area is 305 Å². The van der Waals surface area contributed by atoms with E-state index in [-0.39, 0.29) is 11.6 Å². The molecule has 0 radical (unpaired) electrons. The molecule has 0 aliphatic heterocycles. The minimum absolute atomic E-state index is 0.0978. The molecule has 0 aliphatic carbocycles. The first-order chi connectivity index (χ1) is 23.3. The second kappa shape index (κ2) is 37.7. The van der Waals surface area contributed by atoms with E-state index in [0.717, 1.165) is 53.3 Å². The number of fused-ring (bicyclic) bond motifs is 1.